The van der Waals surface area contributed by atoms with Gasteiger partial charge in [-0.2, -0.15) is 0 Å². The number of nitrogens with one attached hydrogen (secondary N) is 1. The van der Waals surface area contributed by atoms with Crippen LogP contribution >= 0.6 is 11.3 Å². The normalized spacial score (nSPS) is 11.9. The molecule has 1 N–H and O–H groups in total. The summed E-state index contributed by atoms with van der Waals surface area (Å²) in [6, 6.07) is 22.9. The zero-order valence-electron chi connectivity index (χ0n) is 14.7. The van der Waals surface area contributed by atoms with E-state index in [9.17, 15) is 4.79 Å². The number of urea groups is 1. The molecule has 27 heavy (non-hydrogen) atoms. The van der Waals surface area contributed by atoms with Gasteiger partial charge in [-0.1, -0.05) is 59.9 Å². The summed E-state index contributed by atoms with van der Waals surface area (Å²) in [5.74, 6) is 0. The number of thiazole rings is 1. The number of benzene rings is 2. The lowest BCUT2D eigenvalue weighted by atomic mass is 10.0. The fourth-order valence-corrected chi connectivity index (χ4v) is 3.84. The molecule has 4 rings (SSSR count). The lowest BCUT2D eigenvalue weighted by molar-refractivity contribution is 0.211. The Labute approximate surface area is 161 Å². The quantitative estimate of drug-likeness (QED) is 0.550. The Balaban J connectivity index is 1.62. The van der Waals surface area contributed by atoms with Crippen LogP contribution in [0.15, 0.2) is 79.0 Å². The number of aromatic nitrogens is 2. The molecular formula is C21H18N4OS. The van der Waals surface area contributed by atoms with E-state index in [2.05, 4.69) is 15.3 Å². The number of carbonyl (C=O) groups is 1. The first-order valence-corrected chi connectivity index (χ1v) is 9.39. The van der Waals surface area contributed by atoms with E-state index in [1.807, 2.05) is 72.8 Å². The molecule has 2 amide bonds. The van der Waals surface area contributed by atoms with Gasteiger partial charge in [0.05, 0.1) is 15.9 Å². The van der Waals surface area contributed by atoms with Gasteiger partial charge in [0.1, 0.15) is 6.04 Å². The molecule has 2 aromatic heterocycles. The van der Waals surface area contributed by atoms with E-state index < -0.39 is 0 Å². The molecule has 0 saturated carbocycles. The van der Waals surface area contributed by atoms with Gasteiger partial charge in [-0.3, -0.25) is 10.3 Å². The van der Waals surface area contributed by atoms with Crippen LogP contribution in [0.5, 0.6) is 0 Å². The number of amides is 2. The van der Waals surface area contributed by atoms with E-state index in [0.29, 0.717) is 5.13 Å². The second kappa shape index (κ2) is 7.55. The third-order valence-electron chi connectivity index (χ3n) is 4.30. The van der Waals surface area contributed by atoms with Gasteiger partial charge < -0.3 is 4.90 Å². The van der Waals surface area contributed by atoms with Gasteiger partial charge in [0.25, 0.3) is 0 Å². The van der Waals surface area contributed by atoms with Crippen molar-refractivity contribution in [3.63, 3.8) is 0 Å². The first-order chi connectivity index (χ1) is 13.2. The summed E-state index contributed by atoms with van der Waals surface area (Å²) in [5, 5.41) is 3.50. The maximum Gasteiger partial charge on any atom is 0.324 e. The van der Waals surface area contributed by atoms with Crippen LogP contribution in [-0.2, 0) is 0 Å². The first kappa shape index (κ1) is 17.2. The van der Waals surface area contributed by atoms with E-state index >= 15 is 0 Å². The molecule has 0 aliphatic rings. The number of para-hydroxylation sites is 1. The average molecular weight is 374 g/mol. The predicted octanol–water partition coefficient (Wildman–Crippen LogP) is 4.94. The number of hydrogen-bond acceptors (Lipinski definition) is 4. The molecule has 0 bridgehead atoms. The van der Waals surface area contributed by atoms with Gasteiger partial charge >= 0.3 is 6.03 Å². The molecular weight excluding hydrogens is 356 g/mol. The molecule has 4 aromatic rings. The SMILES string of the molecule is CN(C(=O)Nc1nc2ccccc2s1)C(c1ccccc1)c1ccccn1. The zero-order valence-corrected chi connectivity index (χ0v) is 15.6. The van der Waals surface area contributed by atoms with Gasteiger partial charge in [-0.15, -0.1) is 0 Å². The molecule has 2 heterocycles. The largest absolute Gasteiger partial charge is 0.324 e. The number of anilines is 1. The fourth-order valence-electron chi connectivity index (χ4n) is 2.99. The third kappa shape index (κ3) is 3.66. The standard InChI is InChI=1S/C21H18N4OS/c1-25(21(26)24-20-23-16-11-5-6-13-18(16)27-20)19(15-9-3-2-4-10-15)17-12-7-8-14-22-17/h2-14,19H,1H3,(H,23,24,26). The van der Waals surface area contributed by atoms with Crippen molar-refractivity contribution in [1.29, 1.82) is 0 Å². The van der Waals surface area contributed by atoms with Gasteiger partial charge in [0.2, 0.25) is 0 Å². The molecule has 0 spiro atoms. The minimum Gasteiger partial charge on any atom is -0.315 e. The van der Waals surface area contributed by atoms with Crippen LogP contribution in [0.25, 0.3) is 10.2 Å². The molecule has 0 aliphatic heterocycles. The van der Waals surface area contributed by atoms with Crippen LogP contribution < -0.4 is 5.32 Å². The number of rotatable bonds is 4. The molecule has 0 fully saturated rings. The van der Waals surface area contributed by atoms with E-state index in [1.54, 1.807) is 18.1 Å². The van der Waals surface area contributed by atoms with E-state index in [-0.39, 0.29) is 12.1 Å². The minimum atomic E-state index is -0.290. The number of pyridine rings is 1. The molecule has 0 radical (unpaired) electrons. The monoisotopic (exact) mass is 374 g/mol. The van der Waals surface area contributed by atoms with Crippen molar-refractivity contribution in [2.75, 3.05) is 12.4 Å². The number of nitrogens with zero attached hydrogens (tertiary/aromatic N) is 3. The van der Waals surface area contributed by atoms with E-state index in [0.717, 1.165) is 21.5 Å². The van der Waals surface area contributed by atoms with Crippen molar-refractivity contribution < 1.29 is 4.79 Å². The van der Waals surface area contributed by atoms with Crippen molar-refractivity contribution in [1.82, 2.24) is 14.9 Å². The summed E-state index contributed by atoms with van der Waals surface area (Å²) in [6.07, 6.45) is 1.74. The van der Waals surface area contributed by atoms with Crippen LogP contribution in [0, 0.1) is 0 Å². The molecule has 1 unspecified atom stereocenters. The van der Waals surface area contributed by atoms with E-state index in [4.69, 9.17) is 0 Å². The molecule has 134 valence electrons. The summed E-state index contributed by atoms with van der Waals surface area (Å²) in [5.41, 5.74) is 2.69. The number of fused-ring (bicyclic) bond motifs is 1. The van der Waals surface area contributed by atoms with Crippen LogP contribution in [0.4, 0.5) is 9.93 Å². The summed E-state index contributed by atoms with van der Waals surface area (Å²) < 4.78 is 1.04. The Morgan fingerprint density at radius 2 is 1.74 bits per heavy atom. The third-order valence-corrected chi connectivity index (χ3v) is 5.25. The predicted molar refractivity (Wildman–Crippen MR) is 109 cm³/mol. The molecule has 0 saturated heterocycles. The maximum absolute atomic E-state index is 12.9. The summed E-state index contributed by atoms with van der Waals surface area (Å²) in [7, 11) is 1.77. The number of hydrogen-bond donors (Lipinski definition) is 1. The van der Waals surface area contributed by atoms with Crippen molar-refractivity contribution >= 4 is 32.7 Å². The van der Waals surface area contributed by atoms with Gasteiger partial charge in [0, 0.05) is 13.2 Å². The molecule has 5 nitrogen and oxygen atoms in total. The lowest BCUT2D eigenvalue weighted by Gasteiger charge is -2.28. The highest BCUT2D eigenvalue weighted by atomic mass is 32.1. The number of carbonyl (C=O) groups excluding carboxylic acids is 1. The lowest BCUT2D eigenvalue weighted by Crippen LogP contribution is -2.35. The zero-order chi connectivity index (χ0) is 18.6. The maximum atomic E-state index is 12.9. The summed E-state index contributed by atoms with van der Waals surface area (Å²) in [6.45, 7) is 0. The minimum absolute atomic E-state index is 0.228. The molecule has 0 aliphatic carbocycles. The van der Waals surface area contributed by atoms with Gasteiger partial charge in [-0.25, -0.2) is 9.78 Å². The highest BCUT2D eigenvalue weighted by Gasteiger charge is 2.25. The van der Waals surface area contributed by atoms with Crippen LogP contribution in [0.2, 0.25) is 0 Å². The smallest absolute Gasteiger partial charge is 0.315 e. The Morgan fingerprint density at radius 3 is 2.48 bits per heavy atom. The second-order valence-corrected chi connectivity index (χ2v) is 7.13. The summed E-state index contributed by atoms with van der Waals surface area (Å²) >= 11 is 1.46. The van der Waals surface area contributed by atoms with Gasteiger partial charge in [0.15, 0.2) is 5.13 Å². The molecule has 2 aromatic carbocycles. The highest BCUT2D eigenvalue weighted by Crippen LogP contribution is 2.29. The van der Waals surface area contributed by atoms with Crippen molar-refractivity contribution in [2.45, 2.75) is 6.04 Å². The first-order valence-electron chi connectivity index (χ1n) is 8.57. The molecule has 6 heteroatoms. The Kier molecular flexibility index (Phi) is 4.80. The van der Waals surface area contributed by atoms with Crippen molar-refractivity contribution in [3.8, 4) is 0 Å². The second-order valence-electron chi connectivity index (χ2n) is 6.10. The van der Waals surface area contributed by atoms with Crippen LogP contribution in [-0.4, -0.2) is 27.9 Å². The Morgan fingerprint density at radius 1 is 1.00 bits per heavy atom. The Bertz CT molecular complexity index is 977. The molecule has 1 atom stereocenters. The van der Waals surface area contributed by atoms with Crippen LogP contribution in [0.3, 0.4) is 0 Å². The van der Waals surface area contributed by atoms with Crippen LogP contribution in [0.1, 0.15) is 17.3 Å². The Hall–Kier alpha value is -3.25. The van der Waals surface area contributed by atoms with E-state index in [1.165, 1.54) is 11.3 Å². The topological polar surface area (TPSA) is 58.1 Å². The van der Waals surface area contributed by atoms with Crippen molar-refractivity contribution in [3.05, 3.63) is 90.3 Å². The fraction of sp³-hybridized carbons (Fsp3) is 0.0952. The van der Waals surface area contributed by atoms with Crippen molar-refractivity contribution in [2.24, 2.45) is 0 Å². The van der Waals surface area contributed by atoms with Gasteiger partial charge in [-0.05, 0) is 29.8 Å². The highest BCUT2D eigenvalue weighted by molar-refractivity contribution is 7.22. The summed E-state index contributed by atoms with van der Waals surface area (Å²) in [4.78, 5) is 23.5. The average Bonchev–Trinajstić information content (AvgIpc) is 3.12.